The van der Waals surface area contributed by atoms with Gasteiger partial charge in [-0.05, 0) is 62.4 Å². The van der Waals surface area contributed by atoms with Crippen molar-refractivity contribution >= 4 is 11.6 Å². The van der Waals surface area contributed by atoms with E-state index in [-0.39, 0.29) is 34.2 Å². The lowest BCUT2D eigenvalue weighted by Crippen LogP contribution is -2.33. The molecule has 1 saturated heterocycles. The highest BCUT2D eigenvalue weighted by Gasteiger charge is 2.32. The van der Waals surface area contributed by atoms with E-state index >= 15 is 0 Å². The number of likely N-dealkylation sites (tertiary alicyclic amines) is 1. The van der Waals surface area contributed by atoms with E-state index < -0.39 is 11.6 Å². The molecule has 2 aromatic rings. The largest absolute Gasteiger partial charge is 0.507 e. The third-order valence-electron chi connectivity index (χ3n) is 6.02. The quantitative estimate of drug-likeness (QED) is 0.761. The second-order valence-corrected chi connectivity index (χ2v) is 7.95. The minimum Gasteiger partial charge on any atom is -0.507 e. The Morgan fingerprint density at radius 3 is 2.62 bits per heavy atom. The number of carbonyl (C=O) groups is 2. The van der Waals surface area contributed by atoms with Gasteiger partial charge in [0.15, 0.2) is 11.6 Å². The van der Waals surface area contributed by atoms with Crippen molar-refractivity contribution in [1.82, 2.24) is 4.90 Å². The van der Waals surface area contributed by atoms with Crippen LogP contribution in [0.15, 0.2) is 48.0 Å². The molecule has 29 heavy (non-hydrogen) atoms. The first-order valence-electron chi connectivity index (χ1n) is 10.1. The van der Waals surface area contributed by atoms with Crippen LogP contribution in [-0.2, 0) is 12.8 Å². The summed E-state index contributed by atoms with van der Waals surface area (Å²) >= 11 is 0. The fraction of sp³-hybridized carbons (Fsp3) is 0.333. The molecular weight excluding hydrogens is 366 g/mol. The molecule has 0 spiro atoms. The number of carbonyl (C=O) groups excluding carboxylic acids is 2. The number of allylic oxidation sites excluding steroid dienone is 2. The number of rotatable bonds is 5. The summed E-state index contributed by atoms with van der Waals surface area (Å²) in [5.41, 5.74) is 1.94. The molecule has 1 unspecified atom stereocenters. The molecule has 0 saturated carbocycles. The van der Waals surface area contributed by atoms with Gasteiger partial charge in [0, 0.05) is 18.2 Å². The average molecular weight is 391 g/mol. The predicted molar refractivity (Wildman–Crippen MR) is 111 cm³/mol. The molecule has 1 aliphatic heterocycles. The highest BCUT2D eigenvalue weighted by molar-refractivity contribution is 6.26. The summed E-state index contributed by atoms with van der Waals surface area (Å²) in [5.74, 6) is -1.24. The van der Waals surface area contributed by atoms with E-state index in [1.807, 2.05) is 18.2 Å². The molecule has 1 atom stereocenters. The Kier molecular flexibility index (Phi) is 5.24. The number of ketones is 2. The number of Topliss-reactive ketones (excluding diaryl/α,β-unsaturated/α-hetero) is 1. The third-order valence-corrected chi connectivity index (χ3v) is 6.02. The highest BCUT2D eigenvalue weighted by Crippen LogP contribution is 2.39. The van der Waals surface area contributed by atoms with Crippen LogP contribution < -0.4 is 0 Å². The monoisotopic (exact) mass is 391 g/mol. The van der Waals surface area contributed by atoms with Crippen molar-refractivity contribution in [2.24, 2.45) is 0 Å². The summed E-state index contributed by atoms with van der Waals surface area (Å²) < 4.78 is 0. The van der Waals surface area contributed by atoms with Crippen LogP contribution in [0.3, 0.4) is 0 Å². The molecule has 1 heterocycles. The van der Waals surface area contributed by atoms with Crippen LogP contribution >= 0.6 is 0 Å². The van der Waals surface area contributed by atoms with Gasteiger partial charge in [0.2, 0.25) is 0 Å². The van der Waals surface area contributed by atoms with E-state index in [9.17, 15) is 19.8 Å². The summed E-state index contributed by atoms with van der Waals surface area (Å²) in [6, 6.07) is 12.0. The van der Waals surface area contributed by atoms with Crippen LogP contribution in [-0.4, -0.2) is 45.8 Å². The Hall–Kier alpha value is -2.92. The molecule has 4 rings (SSSR count). The molecule has 0 amide bonds. The highest BCUT2D eigenvalue weighted by atomic mass is 16.3. The van der Waals surface area contributed by atoms with Crippen molar-refractivity contribution in [1.29, 1.82) is 0 Å². The summed E-state index contributed by atoms with van der Waals surface area (Å²) in [7, 11) is 0. The van der Waals surface area contributed by atoms with Gasteiger partial charge in [0.05, 0.1) is 11.1 Å². The molecule has 1 aliphatic carbocycles. The van der Waals surface area contributed by atoms with Crippen LogP contribution in [0.4, 0.5) is 0 Å². The standard InChI is InChI=1S/C24H25NO4/c1-15-12-19(26)22-21(23(15)28)20(27)14-17(24(22)29)13-18-8-5-10-25(18)11-9-16-6-3-2-4-7-16/h2-4,6-7,12,14,18,27,29H,5,8-11,13H2,1H3. The molecule has 0 aromatic heterocycles. The smallest absolute Gasteiger partial charge is 0.193 e. The normalized spacial score (nSPS) is 19.3. The van der Waals surface area contributed by atoms with Crippen LogP contribution in [0, 0.1) is 0 Å². The number of benzene rings is 2. The van der Waals surface area contributed by atoms with Crippen LogP contribution in [0.2, 0.25) is 0 Å². The van der Waals surface area contributed by atoms with Crippen LogP contribution in [0.1, 0.15) is 51.6 Å². The van der Waals surface area contributed by atoms with Crippen molar-refractivity contribution in [2.45, 2.75) is 38.6 Å². The second kappa shape index (κ2) is 7.84. The number of nitrogens with zero attached hydrogens (tertiary/aromatic N) is 1. The molecule has 150 valence electrons. The number of phenolic OH excluding ortho intramolecular Hbond substituents is 2. The van der Waals surface area contributed by atoms with Gasteiger partial charge in [-0.2, -0.15) is 0 Å². The summed E-state index contributed by atoms with van der Waals surface area (Å²) in [6.07, 6.45) is 4.80. The summed E-state index contributed by atoms with van der Waals surface area (Å²) in [6.45, 7) is 3.46. The molecule has 2 aliphatic rings. The topological polar surface area (TPSA) is 77.8 Å². The fourth-order valence-corrected chi connectivity index (χ4v) is 4.46. The summed E-state index contributed by atoms with van der Waals surface area (Å²) in [5, 5.41) is 21.2. The second-order valence-electron chi connectivity index (χ2n) is 7.95. The molecule has 0 radical (unpaired) electrons. The van der Waals surface area contributed by atoms with E-state index in [0.717, 1.165) is 32.4 Å². The van der Waals surface area contributed by atoms with Gasteiger partial charge in [-0.3, -0.25) is 14.5 Å². The maximum Gasteiger partial charge on any atom is 0.193 e. The van der Waals surface area contributed by atoms with E-state index in [1.54, 1.807) is 0 Å². The Labute approximate surface area is 170 Å². The molecule has 0 bridgehead atoms. The first kappa shape index (κ1) is 19.4. The molecular formula is C24H25NO4. The van der Waals surface area contributed by atoms with Crippen LogP contribution in [0.5, 0.6) is 11.5 Å². The lowest BCUT2D eigenvalue weighted by molar-refractivity contribution is 0.0979. The number of hydrogen-bond acceptors (Lipinski definition) is 5. The fourth-order valence-electron chi connectivity index (χ4n) is 4.46. The maximum absolute atomic E-state index is 12.4. The Morgan fingerprint density at radius 1 is 1.10 bits per heavy atom. The lowest BCUT2D eigenvalue weighted by Gasteiger charge is -2.26. The molecule has 2 N–H and O–H groups in total. The van der Waals surface area contributed by atoms with Crippen molar-refractivity contribution < 1.29 is 19.8 Å². The molecule has 1 fully saturated rings. The Morgan fingerprint density at radius 2 is 1.86 bits per heavy atom. The first-order valence-corrected chi connectivity index (χ1v) is 10.1. The number of phenols is 2. The van der Waals surface area contributed by atoms with Gasteiger partial charge in [-0.15, -0.1) is 0 Å². The van der Waals surface area contributed by atoms with Crippen molar-refractivity contribution in [3.05, 3.63) is 70.3 Å². The van der Waals surface area contributed by atoms with Gasteiger partial charge in [-0.1, -0.05) is 30.3 Å². The number of aromatic hydroxyl groups is 2. The zero-order valence-electron chi connectivity index (χ0n) is 16.5. The Balaban J connectivity index is 1.55. The number of fused-ring (bicyclic) bond motifs is 1. The Bertz CT molecular complexity index is 994. The van der Waals surface area contributed by atoms with E-state index in [2.05, 4.69) is 17.0 Å². The zero-order chi connectivity index (χ0) is 20.5. The maximum atomic E-state index is 12.4. The molecule has 2 aromatic carbocycles. The average Bonchev–Trinajstić information content (AvgIpc) is 3.15. The predicted octanol–water partition coefficient (Wildman–Crippen LogP) is 3.67. The van der Waals surface area contributed by atoms with Gasteiger partial charge in [-0.25, -0.2) is 0 Å². The van der Waals surface area contributed by atoms with Gasteiger partial charge in [0.25, 0.3) is 0 Å². The minimum atomic E-state index is -0.431. The van der Waals surface area contributed by atoms with Crippen molar-refractivity contribution in [3.8, 4) is 11.5 Å². The first-order chi connectivity index (χ1) is 14.0. The third kappa shape index (κ3) is 3.70. The molecule has 5 nitrogen and oxygen atoms in total. The lowest BCUT2D eigenvalue weighted by atomic mass is 9.86. The van der Waals surface area contributed by atoms with Crippen LogP contribution in [0.25, 0.3) is 0 Å². The van der Waals surface area contributed by atoms with Crippen molar-refractivity contribution in [2.75, 3.05) is 13.1 Å². The van der Waals surface area contributed by atoms with Gasteiger partial charge in [0.1, 0.15) is 11.5 Å². The van der Waals surface area contributed by atoms with Gasteiger partial charge >= 0.3 is 0 Å². The minimum absolute atomic E-state index is 0.0653. The SMILES string of the molecule is CC1=CC(=O)c2c(O)c(CC3CCCN3CCc3ccccc3)cc(O)c2C1=O. The number of hydrogen-bond donors (Lipinski definition) is 2. The van der Waals surface area contributed by atoms with E-state index in [0.29, 0.717) is 12.0 Å². The van der Waals surface area contributed by atoms with E-state index in [1.165, 1.54) is 24.6 Å². The summed E-state index contributed by atoms with van der Waals surface area (Å²) in [4.78, 5) is 27.2. The molecule has 5 heteroatoms. The van der Waals surface area contributed by atoms with E-state index in [4.69, 9.17) is 0 Å². The van der Waals surface area contributed by atoms with Crippen molar-refractivity contribution in [3.63, 3.8) is 0 Å². The van der Waals surface area contributed by atoms with Gasteiger partial charge < -0.3 is 10.2 Å². The zero-order valence-corrected chi connectivity index (χ0v) is 16.5.